The summed E-state index contributed by atoms with van der Waals surface area (Å²) in [5.41, 5.74) is 0.496. The molecule has 24 heavy (non-hydrogen) atoms. The maximum absolute atomic E-state index is 13.0. The van der Waals surface area contributed by atoms with E-state index in [0.717, 1.165) is 32.4 Å². The second-order valence-electron chi connectivity index (χ2n) is 6.84. The Labute approximate surface area is 143 Å². The molecule has 3 rings (SSSR count). The van der Waals surface area contributed by atoms with Crippen molar-refractivity contribution < 1.29 is 9.53 Å². The van der Waals surface area contributed by atoms with E-state index in [2.05, 4.69) is 11.9 Å². The Bertz CT molecular complexity index is 643. The molecule has 2 atom stereocenters. The molecule has 2 aliphatic heterocycles. The van der Waals surface area contributed by atoms with Crippen molar-refractivity contribution in [2.24, 2.45) is 0 Å². The van der Waals surface area contributed by atoms with E-state index in [9.17, 15) is 9.59 Å². The number of ether oxygens (including phenoxy) is 1. The van der Waals surface area contributed by atoms with E-state index < -0.39 is 0 Å². The van der Waals surface area contributed by atoms with Crippen molar-refractivity contribution in [3.63, 3.8) is 0 Å². The van der Waals surface area contributed by atoms with Gasteiger partial charge in [-0.3, -0.25) is 9.59 Å². The van der Waals surface area contributed by atoms with E-state index in [1.165, 1.54) is 12.5 Å². The number of methoxy groups -OCH3 is 1. The Morgan fingerprint density at radius 1 is 1.21 bits per heavy atom. The smallest absolute Gasteiger partial charge is 0.255 e. The zero-order valence-corrected chi connectivity index (χ0v) is 14.6. The number of hydrogen-bond donors (Lipinski definition) is 0. The summed E-state index contributed by atoms with van der Waals surface area (Å²) in [4.78, 5) is 29.3. The van der Waals surface area contributed by atoms with Gasteiger partial charge < -0.3 is 19.1 Å². The number of hydrogen-bond acceptors (Lipinski definition) is 4. The summed E-state index contributed by atoms with van der Waals surface area (Å²) in [6, 6.07) is 3.90. The van der Waals surface area contributed by atoms with Crippen LogP contribution in [0.15, 0.2) is 23.1 Å². The van der Waals surface area contributed by atoms with Crippen molar-refractivity contribution >= 4 is 5.91 Å². The van der Waals surface area contributed by atoms with Crippen molar-refractivity contribution in [2.75, 3.05) is 33.9 Å². The number of nitrogens with zero attached hydrogens (tertiary/aromatic N) is 3. The van der Waals surface area contributed by atoms with Crippen molar-refractivity contribution in [3.05, 3.63) is 34.2 Å². The van der Waals surface area contributed by atoms with Crippen LogP contribution in [-0.2, 0) is 11.3 Å². The van der Waals surface area contributed by atoms with Crippen molar-refractivity contribution in [2.45, 2.75) is 44.3 Å². The molecule has 0 radical (unpaired) electrons. The van der Waals surface area contributed by atoms with Crippen LogP contribution in [0.1, 0.15) is 36.0 Å². The molecule has 0 aromatic carbocycles. The van der Waals surface area contributed by atoms with E-state index in [-0.39, 0.29) is 11.5 Å². The molecule has 2 fully saturated rings. The Hall–Kier alpha value is -1.66. The number of carbonyl (C=O) groups is 1. The summed E-state index contributed by atoms with van der Waals surface area (Å²) in [6.07, 6.45) is 6.19. The van der Waals surface area contributed by atoms with Crippen molar-refractivity contribution in [1.29, 1.82) is 0 Å². The Morgan fingerprint density at radius 3 is 2.67 bits per heavy atom. The molecule has 2 aliphatic rings. The number of pyridine rings is 1. The molecule has 2 saturated heterocycles. The SMILES string of the molecule is COCCn1cc(C(=O)N2CCC[C@@H]2[C@@H]2CCCN2C)ccc1=O. The van der Waals surface area contributed by atoms with Crippen molar-refractivity contribution in [3.8, 4) is 0 Å². The largest absolute Gasteiger partial charge is 0.383 e. The lowest BCUT2D eigenvalue weighted by Gasteiger charge is -2.33. The Kier molecular flexibility index (Phi) is 5.36. The summed E-state index contributed by atoms with van der Waals surface area (Å²) in [5.74, 6) is 0.0453. The van der Waals surface area contributed by atoms with Crippen molar-refractivity contribution in [1.82, 2.24) is 14.4 Å². The van der Waals surface area contributed by atoms with E-state index in [4.69, 9.17) is 4.74 Å². The third-order valence-electron chi connectivity index (χ3n) is 5.35. The fourth-order valence-corrected chi connectivity index (χ4v) is 4.05. The van der Waals surface area contributed by atoms with Crippen LogP contribution in [0.5, 0.6) is 0 Å². The zero-order chi connectivity index (χ0) is 17.1. The lowest BCUT2D eigenvalue weighted by Crippen LogP contribution is -2.47. The van der Waals surface area contributed by atoms with Gasteiger partial charge in [0.25, 0.3) is 11.5 Å². The first-order chi connectivity index (χ1) is 11.6. The predicted octanol–water partition coefficient (Wildman–Crippen LogP) is 1.19. The van der Waals surface area contributed by atoms with Crippen LogP contribution >= 0.6 is 0 Å². The Balaban J connectivity index is 1.79. The van der Waals surface area contributed by atoms with Gasteiger partial charge in [0.2, 0.25) is 0 Å². The summed E-state index contributed by atoms with van der Waals surface area (Å²) in [6.45, 7) is 2.85. The maximum Gasteiger partial charge on any atom is 0.255 e. The van der Waals surface area contributed by atoms with Gasteiger partial charge in [0.15, 0.2) is 0 Å². The summed E-state index contributed by atoms with van der Waals surface area (Å²) < 4.78 is 6.60. The van der Waals surface area contributed by atoms with Gasteiger partial charge in [-0.1, -0.05) is 0 Å². The topological polar surface area (TPSA) is 54.8 Å². The molecule has 1 aromatic heterocycles. The molecule has 6 heteroatoms. The number of likely N-dealkylation sites (tertiary alicyclic amines) is 2. The molecule has 0 bridgehead atoms. The molecule has 0 unspecified atom stereocenters. The quantitative estimate of drug-likeness (QED) is 0.812. The fraction of sp³-hybridized carbons (Fsp3) is 0.667. The molecule has 1 amide bonds. The minimum Gasteiger partial charge on any atom is -0.383 e. The van der Waals surface area contributed by atoms with E-state index in [1.54, 1.807) is 23.9 Å². The normalized spacial score (nSPS) is 24.7. The van der Waals surface area contributed by atoms with Crippen LogP contribution in [0.4, 0.5) is 0 Å². The second-order valence-corrected chi connectivity index (χ2v) is 6.84. The molecule has 0 N–H and O–H groups in total. The van der Waals surface area contributed by atoms with E-state index in [0.29, 0.717) is 30.8 Å². The number of likely N-dealkylation sites (N-methyl/N-ethyl adjacent to an activating group) is 1. The van der Waals surface area contributed by atoms with Crippen LogP contribution in [0, 0.1) is 0 Å². The molecule has 1 aromatic rings. The molecule has 0 saturated carbocycles. The highest BCUT2D eigenvalue weighted by atomic mass is 16.5. The lowest BCUT2D eigenvalue weighted by molar-refractivity contribution is 0.0663. The van der Waals surface area contributed by atoms with E-state index in [1.807, 2.05) is 4.90 Å². The monoisotopic (exact) mass is 333 g/mol. The van der Waals surface area contributed by atoms with Gasteiger partial charge in [-0.05, 0) is 45.3 Å². The van der Waals surface area contributed by atoms with Gasteiger partial charge in [0.1, 0.15) is 0 Å². The molecule has 0 aliphatic carbocycles. The van der Waals surface area contributed by atoms with Crippen LogP contribution in [-0.4, -0.2) is 66.2 Å². The molecule has 132 valence electrons. The Morgan fingerprint density at radius 2 is 1.96 bits per heavy atom. The standard InChI is InChI=1S/C18H27N3O3/c1-19-9-3-5-15(19)16-6-4-10-21(16)18(23)14-7-8-17(22)20(13-14)11-12-24-2/h7-8,13,15-16H,3-6,9-12H2,1-2H3/t15-,16+/m0/s1. The first kappa shape index (κ1) is 17.2. The van der Waals surface area contributed by atoms with Gasteiger partial charge in [-0.15, -0.1) is 0 Å². The highest BCUT2D eigenvalue weighted by molar-refractivity contribution is 5.94. The number of aromatic nitrogens is 1. The first-order valence-corrected chi connectivity index (χ1v) is 8.82. The third-order valence-corrected chi connectivity index (χ3v) is 5.35. The average Bonchev–Trinajstić information content (AvgIpc) is 3.21. The minimum absolute atomic E-state index is 0.0453. The predicted molar refractivity (Wildman–Crippen MR) is 92.3 cm³/mol. The number of carbonyl (C=O) groups excluding carboxylic acids is 1. The minimum atomic E-state index is -0.0999. The summed E-state index contributed by atoms with van der Waals surface area (Å²) in [5, 5.41) is 0. The highest BCUT2D eigenvalue weighted by Crippen LogP contribution is 2.30. The number of rotatable bonds is 5. The van der Waals surface area contributed by atoms with Gasteiger partial charge in [0.05, 0.1) is 12.2 Å². The van der Waals surface area contributed by atoms with Crippen LogP contribution < -0.4 is 5.56 Å². The molecular formula is C18H27N3O3. The van der Waals surface area contributed by atoms with Crippen LogP contribution in [0.3, 0.4) is 0 Å². The molecule has 3 heterocycles. The first-order valence-electron chi connectivity index (χ1n) is 8.82. The summed E-state index contributed by atoms with van der Waals surface area (Å²) >= 11 is 0. The third kappa shape index (κ3) is 3.39. The van der Waals surface area contributed by atoms with E-state index >= 15 is 0 Å². The molecule has 6 nitrogen and oxygen atoms in total. The highest BCUT2D eigenvalue weighted by Gasteiger charge is 2.38. The van der Waals surface area contributed by atoms with Gasteiger partial charge >= 0.3 is 0 Å². The molecular weight excluding hydrogens is 306 g/mol. The van der Waals surface area contributed by atoms with Gasteiger partial charge in [-0.2, -0.15) is 0 Å². The summed E-state index contributed by atoms with van der Waals surface area (Å²) in [7, 11) is 3.76. The fourth-order valence-electron chi connectivity index (χ4n) is 4.05. The molecule has 0 spiro atoms. The van der Waals surface area contributed by atoms with Crippen LogP contribution in [0.25, 0.3) is 0 Å². The lowest BCUT2D eigenvalue weighted by atomic mass is 10.0. The second kappa shape index (κ2) is 7.49. The number of amides is 1. The van der Waals surface area contributed by atoms with Crippen LogP contribution in [0.2, 0.25) is 0 Å². The zero-order valence-electron chi connectivity index (χ0n) is 14.6. The van der Waals surface area contributed by atoms with Gasteiger partial charge in [-0.25, -0.2) is 0 Å². The maximum atomic E-state index is 13.0. The van der Waals surface area contributed by atoms with Gasteiger partial charge in [0, 0.05) is 44.5 Å². The average molecular weight is 333 g/mol.